The van der Waals surface area contributed by atoms with Crippen LogP contribution in [-0.2, 0) is 0 Å². The largest absolute Gasteiger partial charge is 0.495 e. The van der Waals surface area contributed by atoms with E-state index in [1.807, 2.05) is 12.1 Å². The molecule has 0 aliphatic heterocycles. The van der Waals surface area contributed by atoms with Gasteiger partial charge in [0.25, 0.3) is 0 Å². The average molecular weight is 249 g/mol. The van der Waals surface area contributed by atoms with E-state index in [9.17, 15) is 0 Å². The third kappa shape index (κ3) is 1.87. The van der Waals surface area contributed by atoms with E-state index < -0.39 is 0 Å². The summed E-state index contributed by atoms with van der Waals surface area (Å²) in [5.41, 5.74) is 0. The van der Waals surface area contributed by atoms with Gasteiger partial charge in [0.1, 0.15) is 11.5 Å². The molecule has 0 saturated heterocycles. The van der Waals surface area contributed by atoms with E-state index in [-0.39, 0.29) is 0 Å². The second kappa shape index (κ2) is 4.05. The lowest BCUT2D eigenvalue weighted by Gasteiger charge is -2.08. The summed E-state index contributed by atoms with van der Waals surface area (Å²) in [6.07, 6.45) is 0. The van der Waals surface area contributed by atoms with E-state index in [2.05, 4.69) is 28.6 Å². The van der Waals surface area contributed by atoms with E-state index in [1.54, 1.807) is 14.2 Å². The maximum atomic E-state index is 5.08. The van der Waals surface area contributed by atoms with Crippen LogP contribution in [0.3, 0.4) is 0 Å². The standard InChI is InChI=1S/C8H9BrO2S/c1-10-6-3-5(9)4-7(11-2)8(6)12/h3-4,12H,1-2H3. The van der Waals surface area contributed by atoms with Crippen molar-refractivity contribution in [2.45, 2.75) is 4.90 Å². The van der Waals surface area contributed by atoms with Crippen molar-refractivity contribution < 1.29 is 9.47 Å². The van der Waals surface area contributed by atoms with Gasteiger partial charge in [-0.2, -0.15) is 0 Å². The number of benzene rings is 1. The van der Waals surface area contributed by atoms with Crippen molar-refractivity contribution in [2.24, 2.45) is 0 Å². The lowest BCUT2D eigenvalue weighted by atomic mass is 10.3. The minimum absolute atomic E-state index is 0.699. The Morgan fingerprint density at radius 3 is 1.92 bits per heavy atom. The van der Waals surface area contributed by atoms with Crippen molar-refractivity contribution in [3.8, 4) is 11.5 Å². The molecule has 0 aliphatic carbocycles. The van der Waals surface area contributed by atoms with Crippen LogP contribution in [0.4, 0.5) is 0 Å². The summed E-state index contributed by atoms with van der Waals surface area (Å²) in [4.78, 5) is 0.711. The molecule has 0 unspecified atom stereocenters. The van der Waals surface area contributed by atoms with Gasteiger partial charge in [-0.1, -0.05) is 15.9 Å². The third-order valence-corrected chi connectivity index (χ3v) is 2.34. The third-order valence-electron chi connectivity index (χ3n) is 1.44. The van der Waals surface area contributed by atoms with Crippen LogP contribution < -0.4 is 9.47 Å². The SMILES string of the molecule is COc1cc(Br)cc(OC)c1S. The minimum Gasteiger partial charge on any atom is -0.495 e. The Kier molecular flexibility index (Phi) is 3.29. The van der Waals surface area contributed by atoms with E-state index >= 15 is 0 Å². The highest BCUT2D eigenvalue weighted by atomic mass is 79.9. The molecule has 0 bridgehead atoms. The molecule has 0 amide bonds. The van der Waals surface area contributed by atoms with Gasteiger partial charge in [0.15, 0.2) is 0 Å². The molecule has 1 rings (SSSR count). The monoisotopic (exact) mass is 248 g/mol. The van der Waals surface area contributed by atoms with E-state index in [0.29, 0.717) is 16.4 Å². The summed E-state index contributed by atoms with van der Waals surface area (Å²) >= 11 is 7.58. The lowest BCUT2D eigenvalue weighted by molar-refractivity contribution is 0.376. The number of thiol groups is 1. The summed E-state index contributed by atoms with van der Waals surface area (Å²) in [6, 6.07) is 3.68. The minimum atomic E-state index is 0.699. The summed E-state index contributed by atoms with van der Waals surface area (Å²) in [5, 5.41) is 0. The van der Waals surface area contributed by atoms with Gasteiger partial charge in [-0.05, 0) is 12.1 Å². The van der Waals surface area contributed by atoms with Crippen LogP contribution in [0.5, 0.6) is 11.5 Å². The van der Waals surface area contributed by atoms with Crippen LogP contribution in [0.25, 0.3) is 0 Å². The molecule has 4 heteroatoms. The van der Waals surface area contributed by atoms with Gasteiger partial charge >= 0.3 is 0 Å². The van der Waals surface area contributed by atoms with Crippen LogP contribution in [0.15, 0.2) is 21.5 Å². The van der Waals surface area contributed by atoms with Crippen LogP contribution in [0.2, 0.25) is 0 Å². The first-order valence-corrected chi connectivity index (χ1v) is 4.53. The Hall–Kier alpha value is -0.350. The number of methoxy groups -OCH3 is 2. The van der Waals surface area contributed by atoms with E-state index in [1.165, 1.54) is 0 Å². The Labute approximate surface area is 85.4 Å². The molecule has 0 aliphatic rings. The second-order valence-electron chi connectivity index (χ2n) is 2.16. The van der Waals surface area contributed by atoms with Crippen LogP contribution >= 0.6 is 28.6 Å². The Morgan fingerprint density at radius 1 is 1.17 bits per heavy atom. The van der Waals surface area contributed by atoms with Crippen molar-refractivity contribution >= 4 is 28.6 Å². The highest BCUT2D eigenvalue weighted by Crippen LogP contribution is 2.35. The molecule has 66 valence electrons. The zero-order valence-corrected chi connectivity index (χ0v) is 9.28. The molecule has 0 fully saturated rings. The summed E-state index contributed by atoms with van der Waals surface area (Å²) in [6.45, 7) is 0. The fraction of sp³-hybridized carbons (Fsp3) is 0.250. The van der Waals surface area contributed by atoms with Crippen molar-refractivity contribution in [2.75, 3.05) is 14.2 Å². The van der Waals surface area contributed by atoms with Crippen molar-refractivity contribution in [1.82, 2.24) is 0 Å². The van der Waals surface area contributed by atoms with Gasteiger partial charge in [0.2, 0.25) is 0 Å². The summed E-state index contributed by atoms with van der Waals surface area (Å²) < 4.78 is 11.1. The number of hydrogen-bond acceptors (Lipinski definition) is 3. The van der Waals surface area contributed by atoms with Gasteiger partial charge in [-0.25, -0.2) is 0 Å². The number of rotatable bonds is 2. The normalized spacial score (nSPS) is 9.67. The number of hydrogen-bond donors (Lipinski definition) is 1. The molecule has 0 saturated carbocycles. The van der Waals surface area contributed by atoms with Crippen LogP contribution in [-0.4, -0.2) is 14.2 Å². The molecule has 2 nitrogen and oxygen atoms in total. The number of ether oxygens (including phenoxy) is 2. The quantitative estimate of drug-likeness (QED) is 0.812. The Balaban J connectivity index is 3.22. The van der Waals surface area contributed by atoms with Crippen molar-refractivity contribution in [3.05, 3.63) is 16.6 Å². The molecule has 0 N–H and O–H groups in total. The highest BCUT2D eigenvalue weighted by molar-refractivity contribution is 9.10. The van der Waals surface area contributed by atoms with Gasteiger partial charge in [-0.15, -0.1) is 12.6 Å². The van der Waals surface area contributed by atoms with Gasteiger partial charge in [0, 0.05) is 4.47 Å². The van der Waals surface area contributed by atoms with E-state index in [0.717, 1.165) is 4.47 Å². The molecule has 0 spiro atoms. The molecule has 0 heterocycles. The first kappa shape index (κ1) is 9.74. The fourth-order valence-corrected chi connectivity index (χ4v) is 1.59. The predicted octanol–water partition coefficient (Wildman–Crippen LogP) is 2.76. The predicted molar refractivity (Wildman–Crippen MR) is 54.5 cm³/mol. The summed E-state index contributed by atoms with van der Waals surface area (Å²) in [5.74, 6) is 1.40. The Bertz CT molecular complexity index is 263. The molecule has 1 aromatic carbocycles. The zero-order valence-electron chi connectivity index (χ0n) is 6.80. The molecular formula is C8H9BrO2S. The van der Waals surface area contributed by atoms with Crippen LogP contribution in [0.1, 0.15) is 0 Å². The highest BCUT2D eigenvalue weighted by Gasteiger charge is 2.06. The van der Waals surface area contributed by atoms with E-state index in [4.69, 9.17) is 9.47 Å². The molecule has 1 aromatic rings. The summed E-state index contributed by atoms with van der Waals surface area (Å²) in [7, 11) is 3.20. The van der Waals surface area contributed by atoms with Crippen molar-refractivity contribution in [1.29, 1.82) is 0 Å². The first-order chi connectivity index (χ1) is 5.69. The first-order valence-electron chi connectivity index (χ1n) is 3.29. The lowest BCUT2D eigenvalue weighted by Crippen LogP contribution is -1.89. The molecule has 0 radical (unpaired) electrons. The molecule has 0 atom stereocenters. The molecule has 0 aromatic heterocycles. The Morgan fingerprint density at radius 2 is 1.58 bits per heavy atom. The fourth-order valence-electron chi connectivity index (χ4n) is 0.861. The van der Waals surface area contributed by atoms with Crippen molar-refractivity contribution in [3.63, 3.8) is 0 Å². The van der Waals surface area contributed by atoms with Gasteiger partial charge in [0.05, 0.1) is 19.1 Å². The topological polar surface area (TPSA) is 18.5 Å². The zero-order chi connectivity index (χ0) is 9.14. The van der Waals surface area contributed by atoms with Gasteiger partial charge < -0.3 is 9.47 Å². The van der Waals surface area contributed by atoms with Gasteiger partial charge in [-0.3, -0.25) is 0 Å². The van der Waals surface area contributed by atoms with Crippen LogP contribution in [0, 0.1) is 0 Å². The second-order valence-corrected chi connectivity index (χ2v) is 3.52. The average Bonchev–Trinajstić information content (AvgIpc) is 2.08. The smallest absolute Gasteiger partial charge is 0.137 e. The molecule has 12 heavy (non-hydrogen) atoms. The molecular weight excluding hydrogens is 240 g/mol. The number of halogens is 1. The maximum absolute atomic E-state index is 5.08. The maximum Gasteiger partial charge on any atom is 0.137 e.